The molecule has 6 aromatic carbocycles. The fourth-order valence-corrected chi connectivity index (χ4v) is 8.94. The summed E-state index contributed by atoms with van der Waals surface area (Å²) in [6.45, 7) is 0. The Morgan fingerprint density at radius 2 is 0.887 bits per heavy atom. The highest BCUT2D eigenvalue weighted by molar-refractivity contribution is 5.72. The highest BCUT2D eigenvalue weighted by Gasteiger charge is 2.52. The van der Waals surface area contributed by atoms with Crippen molar-refractivity contribution < 1.29 is 80.2 Å². The molecular formula is C46H40O16. The zero-order valence-electron chi connectivity index (χ0n) is 32.5. The van der Waals surface area contributed by atoms with Gasteiger partial charge in [-0.25, -0.2) is 0 Å². The molecule has 12 N–H and O–H groups in total. The smallest absolute Gasteiger partial charge is 0.160 e. The van der Waals surface area contributed by atoms with Gasteiger partial charge in [0, 0.05) is 58.2 Å². The van der Waals surface area contributed by atoms with Crippen LogP contribution in [0.2, 0.25) is 0 Å². The summed E-state index contributed by atoms with van der Waals surface area (Å²) in [5, 5.41) is 133. The number of aliphatic hydroxyl groups excluding tert-OH is 3. The second-order valence-electron chi connectivity index (χ2n) is 15.5. The molecule has 16 heteroatoms. The molecule has 320 valence electrons. The molecule has 0 bridgehead atoms. The molecule has 3 heterocycles. The van der Waals surface area contributed by atoms with Gasteiger partial charge in [-0.2, -0.15) is 0 Å². The molecule has 0 saturated carbocycles. The van der Waals surface area contributed by atoms with E-state index in [-0.39, 0.29) is 85.6 Å². The molecule has 0 radical (unpaired) electrons. The first-order valence-electron chi connectivity index (χ1n) is 19.4. The van der Waals surface area contributed by atoms with E-state index >= 15 is 0 Å². The van der Waals surface area contributed by atoms with Crippen molar-refractivity contribution in [3.63, 3.8) is 0 Å². The van der Waals surface area contributed by atoms with Gasteiger partial charge in [-0.3, -0.25) is 0 Å². The zero-order chi connectivity index (χ0) is 43.9. The lowest BCUT2D eigenvalue weighted by Gasteiger charge is -2.46. The van der Waals surface area contributed by atoms with Gasteiger partial charge in [-0.05, 0) is 65.2 Å². The highest BCUT2D eigenvalue weighted by Crippen LogP contribution is 2.63. The van der Waals surface area contributed by atoms with Crippen LogP contribution in [0, 0.1) is 0 Å². The second kappa shape index (κ2) is 14.9. The van der Waals surface area contributed by atoms with Gasteiger partial charge < -0.3 is 80.2 Å². The molecule has 3 aliphatic heterocycles. The molecule has 9 rings (SSSR count). The number of benzene rings is 6. The Labute approximate surface area is 351 Å². The topological polar surface area (TPSA) is 280 Å². The van der Waals surface area contributed by atoms with Gasteiger partial charge in [0.15, 0.2) is 46.7 Å². The van der Waals surface area contributed by atoms with Crippen LogP contribution in [0.1, 0.15) is 74.7 Å². The van der Waals surface area contributed by atoms with Gasteiger partial charge in [0.2, 0.25) is 0 Å². The molecular weight excluding hydrogens is 808 g/mol. The average Bonchev–Trinajstić information content (AvgIpc) is 3.23. The summed E-state index contributed by atoms with van der Waals surface area (Å²) in [5.41, 5.74) is 1.06. The molecule has 0 fully saturated rings. The molecule has 8 atom stereocenters. The predicted molar refractivity (Wildman–Crippen MR) is 216 cm³/mol. The minimum Gasteiger partial charge on any atom is -0.508 e. The summed E-state index contributed by atoms with van der Waals surface area (Å²) in [6, 6.07) is 19.4. The van der Waals surface area contributed by atoms with Crippen LogP contribution >= 0.6 is 0 Å². The maximum Gasteiger partial charge on any atom is 0.160 e. The summed E-state index contributed by atoms with van der Waals surface area (Å²) >= 11 is 0. The molecule has 0 aromatic heterocycles. The summed E-state index contributed by atoms with van der Waals surface area (Å²) in [7, 11) is 1.37. The maximum atomic E-state index is 12.5. The van der Waals surface area contributed by atoms with E-state index in [1.807, 2.05) is 0 Å². The maximum absolute atomic E-state index is 12.5. The van der Waals surface area contributed by atoms with Crippen LogP contribution in [0.3, 0.4) is 0 Å². The van der Waals surface area contributed by atoms with E-state index in [4.69, 9.17) is 18.9 Å². The molecule has 3 aliphatic rings. The van der Waals surface area contributed by atoms with E-state index in [9.17, 15) is 61.3 Å². The van der Waals surface area contributed by atoms with Crippen LogP contribution < -0.4 is 18.9 Å². The minimum atomic E-state index is -1.65. The number of phenols is 9. The lowest BCUT2D eigenvalue weighted by atomic mass is 9.72. The Morgan fingerprint density at radius 3 is 1.34 bits per heavy atom. The van der Waals surface area contributed by atoms with Crippen LogP contribution in [-0.4, -0.2) is 86.7 Å². The van der Waals surface area contributed by atoms with Crippen LogP contribution in [-0.2, 0) is 6.42 Å². The number of rotatable bonds is 6. The van der Waals surface area contributed by atoms with Crippen molar-refractivity contribution in [2.24, 2.45) is 0 Å². The number of hydrogen-bond acceptors (Lipinski definition) is 16. The van der Waals surface area contributed by atoms with Crippen LogP contribution in [0.5, 0.6) is 74.7 Å². The van der Waals surface area contributed by atoms with Gasteiger partial charge in [0.25, 0.3) is 0 Å². The molecule has 0 amide bonds. The summed E-state index contributed by atoms with van der Waals surface area (Å²) in [6.07, 6.45) is -8.87. The molecule has 62 heavy (non-hydrogen) atoms. The van der Waals surface area contributed by atoms with Crippen molar-refractivity contribution in [2.75, 3.05) is 7.11 Å². The van der Waals surface area contributed by atoms with Crippen molar-refractivity contribution >= 4 is 0 Å². The monoisotopic (exact) mass is 848 g/mol. The summed E-state index contributed by atoms with van der Waals surface area (Å²) in [4.78, 5) is 0. The molecule has 0 unspecified atom stereocenters. The van der Waals surface area contributed by atoms with E-state index in [0.717, 1.165) is 12.1 Å². The first-order valence-corrected chi connectivity index (χ1v) is 19.4. The number of phenolic OH excluding ortho intramolecular Hbond substituents is 9. The predicted octanol–water partition coefficient (Wildman–Crippen LogP) is 5.34. The quantitative estimate of drug-likeness (QED) is 0.0943. The first-order chi connectivity index (χ1) is 29.6. The average molecular weight is 849 g/mol. The van der Waals surface area contributed by atoms with Crippen molar-refractivity contribution in [1.29, 1.82) is 0 Å². The summed E-state index contributed by atoms with van der Waals surface area (Å²) in [5.74, 6) is -6.42. The van der Waals surface area contributed by atoms with Crippen LogP contribution in [0.15, 0.2) is 91.0 Å². The molecule has 0 saturated heterocycles. The number of aromatic hydroxyl groups is 9. The Bertz CT molecular complexity index is 2750. The zero-order valence-corrected chi connectivity index (χ0v) is 32.5. The Morgan fingerprint density at radius 1 is 0.452 bits per heavy atom. The number of aliphatic hydroxyl groups is 3. The number of fused-ring (bicyclic) bond motifs is 6. The normalized spacial score (nSPS) is 23.7. The fourth-order valence-electron chi connectivity index (χ4n) is 8.94. The third kappa shape index (κ3) is 6.43. The van der Waals surface area contributed by atoms with Crippen LogP contribution in [0.4, 0.5) is 0 Å². The van der Waals surface area contributed by atoms with Gasteiger partial charge in [0.1, 0.15) is 58.6 Å². The molecule has 0 spiro atoms. The minimum absolute atomic E-state index is 0.00902. The largest absolute Gasteiger partial charge is 0.508 e. The number of methoxy groups -OCH3 is 1. The van der Waals surface area contributed by atoms with Crippen molar-refractivity contribution in [3.05, 3.63) is 136 Å². The third-order valence-electron chi connectivity index (χ3n) is 11.8. The van der Waals surface area contributed by atoms with Crippen molar-refractivity contribution in [2.45, 2.75) is 54.9 Å². The van der Waals surface area contributed by atoms with Crippen LogP contribution in [0.25, 0.3) is 0 Å². The van der Waals surface area contributed by atoms with E-state index in [1.54, 1.807) is 6.07 Å². The van der Waals surface area contributed by atoms with Crippen molar-refractivity contribution in [1.82, 2.24) is 0 Å². The first kappa shape index (κ1) is 40.0. The number of ether oxygens (including phenoxy) is 4. The van der Waals surface area contributed by atoms with E-state index in [2.05, 4.69) is 0 Å². The van der Waals surface area contributed by atoms with E-state index < -0.39 is 83.0 Å². The lowest BCUT2D eigenvalue weighted by Crippen LogP contribution is -2.41. The highest BCUT2D eigenvalue weighted by atomic mass is 16.5. The van der Waals surface area contributed by atoms with Gasteiger partial charge in [-0.1, -0.05) is 30.3 Å². The van der Waals surface area contributed by atoms with Gasteiger partial charge in [0.05, 0.1) is 13.2 Å². The number of hydrogen-bond donors (Lipinski definition) is 12. The SMILES string of the molecule is COc1ccc([C@H]2Oc3c(c4c(c5c3[C@@H](c3ccc(O)cc3O)[C@H](O)[C@H](c3ccc(O)c(O)c3)O5)[C@@H](c3ccc(O)cc3O)[C@H](O)[C@@H](c3ccc(O)c(O)c3)O4)C[C@@H]2O)cc1O. The van der Waals surface area contributed by atoms with Crippen molar-refractivity contribution in [3.8, 4) is 74.7 Å². The Hall–Kier alpha value is -7.40. The van der Waals surface area contributed by atoms with Gasteiger partial charge in [-0.15, -0.1) is 0 Å². The van der Waals surface area contributed by atoms with Gasteiger partial charge >= 0.3 is 0 Å². The summed E-state index contributed by atoms with van der Waals surface area (Å²) < 4.78 is 25.5. The van der Waals surface area contributed by atoms with E-state index in [1.165, 1.54) is 79.9 Å². The Kier molecular flexibility index (Phi) is 9.65. The second-order valence-corrected chi connectivity index (χ2v) is 15.5. The fraction of sp³-hybridized carbons (Fsp3) is 0.217. The molecule has 6 aromatic rings. The standard InChI is InChI=1S/C46H40O16/c1-59-34-11-4-18(14-32(34)55)41-33(56)17-25-44(60-41)37-35(23-7-5-21(47)15-28(23)51)40(58)43(20-3-10-27(50)31(54)13-20)62-46(37)38-36(24-8-6-22(48)16-29(24)52)39(57)42(61-45(25)38)19-2-9-26(49)30(53)12-19/h2-16,33,35-36,39-43,47-58H,17H2,1H3/t33-,35+,36+,39-,40-,41+,42+,43-/m0/s1. The molecule has 0 aliphatic carbocycles. The van der Waals surface area contributed by atoms with E-state index in [0.29, 0.717) is 5.56 Å². The Balaban J connectivity index is 1.38. The molecule has 16 nitrogen and oxygen atoms in total. The third-order valence-corrected chi connectivity index (χ3v) is 11.8. The lowest BCUT2D eigenvalue weighted by molar-refractivity contribution is -0.0171.